The van der Waals surface area contributed by atoms with Crippen LogP contribution in [0.15, 0.2) is 18.2 Å². The minimum atomic E-state index is -0.439. The van der Waals surface area contributed by atoms with E-state index < -0.39 is 5.97 Å². The molecule has 5 heteroatoms. The van der Waals surface area contributed by atoms with Gasteiger partial charge >= 0.3 is 5.97 Å². The van der Waals surface area contributed by atoms with E-state index in [9.17, 15) is 4.79 Å². The summed E-state index contributed by atoms with van der Waals surface area (Å²) in [6.45, 7) is 2.57. The molecular weight excluding hydrogens is 220 g/mol. The lowest BCUT2D eigenvalue weighted by Gasteiger charge is -2.15. The number of methoxy groups -OCH3 is 2. The molecule has 0 aromatic heterocycles. The zero-order chi connectivity index (χ0) is 12.8. The standard InChI is InChI=1S/C12H18N2O3/c1-8(7-16-2)14-9-4-5-11(13)10(6-9)12(15)17-3/h4-6,8,14H,7,13H2,1-3H3. The van der Waals surface area contributed by atoms with Gasteiger partial charge in [0.05, 0.1) is 19.3 Å². The van der Waals surface area contributed by atoms with Crippen LogP contribution in [0.1, 0.15) is 17.3 Å². The predicted octanol–water partition coefficient (Wildman–Crippen LogP) is 1.50. The van der Waals surface area contributed by atoms with E-state index in [2.05, 4.69) is 10.1 Å². The van der Waals surface area contributed by atoms with Gasteiger partial charge in [-0.2, -0.15) is 0 Å². The van der Waals surface area contributed by atoms with E-state index in [0.29, 0.717) is 17.9 Å². The van der Waals surface area contributed by atoms with Crippen molar-refractivity contribution < 1.29 is 14.3 Å². The van der Waals surface area contributed by atoms with Crippen molar-refractivity contribution >= 4 is 17.3 Å². The van der Waals surface area contributed by atoms with Crippen molar-refractivity contribution in [1.82, 2.24) is 0 Å². The van der Waals surface area contributed by atoms with Gasteiger partial charge in [0.2, 0.25) is 0 Å². The van der Waals surface area contributed by atoms with Crippen molar-refractivity contribution in [1.29, 1.82) is 0 Å². The number of anilines is 2. The summed E-state index contributed by atoms with van der Waals surface area (Å²) in [6.07, 6.45) is 0. The molecule has 1 aromatic rings. The molecule has 1 rings (SSSR count). The van der Waals surface area contributed by atoms with Gasteiger partial charge in [-0.05, 0) is 25.1 Å². The molecule has 1 unspecified atom stereocenters. The number of benzene rings is 1. The summed E-state index contributed by atoms with van der Waals surface area (Å²) in [4.78, 5) is 11.4. The predicted molar refractivity (Wildman–Crippen MR) is 67.2 cm³/mol. The minimum absolute atomic E-state index is 0.147. The van der Waals surface area contributed by atoms with E-state index in [1.165, 1.54) is 7.11 Å². The molecule has 0 saturated heterocycles. The summed E-state index contributed by atoms with van der Waals surface area (Å²) >= 11 is 0. The fourth-order valence-corrected chi connectivity index (χ4v) is 1.51. The second-order valence-corrected chi connectivity index (χ2v) is 3.79. The van der Waals surface area contributed by atoms with Gasteiger partial charge in [0.25, 0.3) is 0 Å². The Morgan fingerprint density at radius 3 is 2.76 bits per heavy atom. The zero-order valence-electron chi connectivity index (χ0n) is 10.3. The monoisotopic (exact) mass is 238 g/mol. The van der Waals surface area contributed by atoms with Gasteiger partial charge in [-0.25, -0.2) is 4.79 Å². The van der Waals surface area contributed by atoms with Crippen LogP contribution in [0.5, 0.6) is 0 Å². The molecular formula is C12H18N2O3. The largest absolute Gasteiger partial charge is 0.465 e. The van der Waals surface area contributed by atoms with Gasteiger partial charge in [-0.1, -0.05) is 0 Å². The van der Waals surface area contributed by atoms with E-state index in [0.717, 1.165) is 5.69 Å². The first-order chi connectivity index (χ1) is 8.08. The van der Waals surface area contributed by atoms with Crippen LogP contribution in [0.4, 0.5) is 11.4 Å². The molecule has 0 heterocycles. The first-order valence-electron chi connectivity index (χ1n) is 5.31. The molecule has 5 nitrogen and oxygen atoms in total. The molecule has 0 bridgehead atoms. The highest BCUT2D eigenvalue weighted by molar-refractivity contribution is 5.96. The molecule has 17 heavy (non-hydrogen) atoms. The van der Waals surface area contributed by atoms with Crippen molar-refractivity contribution in [2.24, 2.45) is 0 Å². The number of nitrogens with two attached hydrogens (primary N) is 1. The summed E-state index contributed by atoms with van der Waals surface area (Å²) in [5, 5.41) is 3.20. The van der Waals surface area contributed by atoms with Crippen LogP contribution in [-0.4, -0.2) is 32.8 Å². The number of nitrogens with one attached hydrogen (secondary N) is 1. The number of hydrogen-bond donors (Lipinski definition) is 2. The second kappa shape index (κ2) is 6.10. The Bertz CT molecular complexity index is 393. The van der Waals surface area contributed by atoms with Gasteiger partial charge in [-0.3, -0.25) is 0 Å². The molecule has 1 aromatic carbocycles. The smallest absolute Gasteiger partial charge is 0.340 e. The topological polar surface area (TPSA) is 73.6 Å². The van der Waals surface area contributed by atoms with Crippen LogP contribution >= 0.6 is 0 Å². The van der Waals surface area contributed by atoms with E-state index >= 15 is 0 Å². The molecule has 3 N–H and O–H groups in total. The van der Waals surface area contributed by atoms with Crippen LogP contribution in [0.2, 0.25) is 0 Å². The Hall–Kier alpha value is -1.75. The summed E-state index contributed by atoms with van der Waals surface area (Å²) in [6, 6.07) is 5.31. The van der Waals surface area contributed by atoms with E-state index in [1.54, 1.807) is 19.2 Å². The van der Waals surface area contributed by atoms with Gasteiger partial charge in [0.15, 0.2) is 0 Å². The summed E-state index contributed by atoms with van der Waals surface area (Å²) in [5.41, 5.74) is 7.28. The molecule has 0 spiro atoms. The summed E-state index contributed by atoms with van der Waals surface area (Å²) in [5.74, 6) is -0.439. The van der Waals surface area contributed by atoms with Gasteiger partial charge in [-0.15, -0.1) is 0 Å². The van der Waals surface area contributed by atoms with Crippen molar-refractivity contribution in [3.05, 3.63) is 23.8 Å². The lowest BCUT2D eigenvalue weighted by molar-refractivity contribution is 0.0602. The first-order valence-corrected chi connectivity index (χ1v) is 5.31. The Balaban J connectivity index is 2.85. The Morgan fingerprint density at radius 2 is 2.18 bits per heavy atom. The van der Waals surface area contributed by atoms with Gasteiger partial charge in [0, 0.05) is 24.5 Å². The number of nitrogen functional groups attached to an aromatic ring is 1. The maximum Gasteiger partial charge on any atom is 0.340 e. The Labute approximate surface area is 101 Å². The number of hydrogen-bond acceptors (Lipinski definition) is 5. The van der Waals surface area contributed by atoms with Gasteiger partial charge in [0.1, 0.15) is 0 Å². The number of carbonyl (C=O) groups is 1. The van der Waals surface area contributed by atoms with E-state index in [4.69, 9.17) is 10.5 Å². The highest BCUT2D eigenvalue weighted by atomic mass is 16.5. The third kappa shape index (κ3) is 3.64. The average molecular weight is 238 g/mol. The molecule has 0 aliphatic rings. The fraction of sp³-hybridized carbons (Fsp3) is 0.417. The maximum atomic E-state index is 11.4. The normalized spacial score (nSPS) is 11.9. The SMILES string of the molecule is COCC(C)Nc1ccc(N)c(C(=O)OC)c1. The van der Waals surface area contributed by atoms with E-state index in [1.807, 2.05) is 13.0 Å². The molecule has 0 saturated carbocycles. The van der Waals surface area contributed by atoms with Crippen LogP contribution in [-0.2, 0) is 9.47 Å². The van der Waals surface area contributed by atoms with Crippen molar-refractivity contribution in [2.75, 3.05) is 31.9 Å². The Kier molecular flexibility index (Phi) is 4.78. The number of ether oxygens (including phenoxy) is 2. The van der Waals surface area contributed by atoms with Crippen LogP contribution < -0.4 is 11.1 Å². The quantitative estimate of drug-likeness (QED) is 0.600. The zero-order valence-corrected chi connectivity index (χ0v) is 10.3. The minimum Gasteiger partial charge on any atom is -0.465 e. The molecule has 94 valence electrons. The third-order valence-corrected chi connectivity index (χ3v) is 2.29. The maximum absolute atomic E-state index is 11.4. The molecule has 0 radical (unpaired) electrons. The number of rotatable bonds is 5. The molecule has 0 aliphatic heterocycles. The molecule has 1 atom stereocenters. The molecule has 0 aliphatic carbocycles. The molecule has 0 amide bonds. The second-order valence-electron chi connectivity index (χ2n) is 3.79. The van der Waals surface area contributed by atoms with Gasteiger partial charge < -0.3 is 20.5 Å². The molecule has 0 fully saturated rings. The lowest BCUT2D eigenvalue weighted by Crippen LogP contribution is -2.21. The number of carbonyl (C=O) groups excluding carboxylic acids is 1. The van der Waals surface area contributed by atoms with Crippen molar-refractivity contribution in [3.63, 3.8) is 0 Å². The first kappa shape index (κ1) is 13.3. The van der Waals surface area contributed by atoms with Crippen LogP contribution in [0.3, 0.4) is 0 Å². The highest BCUT2D eigenvalue weighted by Gasteiger charge is 2.11. The van der Waals surface area contributed by atoms with Crippen LogP contribution in [0.25, 0.3) is 0 Å². The summed E-state index contributed by atoms with van der Waals surface area (Å²) in [7, 11) is 2.97. The van der Waals surface area contributed by atoms with Crippen molar-refractivity contribution in [2.45, 2.75) is 13.0 Å². The third-order valence-electron chi connectivity index (χ3n) is 2.29. The van der Waals surface area contributed by atoms with E-state index in [-0.39, 0.29) is 6.04 Å². The summed E-state index contributed by atoms with van der Waals surface area (Å²) < 4.78 is 9.67. The lowest BCUT2D eigenvalue weighted by atomic mass is 10.1. The average Bonchev–Trinajstić information content (AvgIpc) is 2.31. The van der Waals surface area contributed by atoms with Crippen molar-refractivity contribution in [3.8, 4) is 0 Å². The highest BCUT2D eigenvalue weighted by Crippen LogP contribution is 2.19. The fourth-order valence-electron chi connectivity index (χ4n) is 1.51. The Morgan fingerprint density at radius 1 is 1.47 bits per heavy atom. The number of esters is 1. The van der Waals surface area contributed by atoms with Crippen LogP contribution in [0, 0.1) is 0 Å².